The lowest BCUT2D eigenvalue weighted by Crippen LogP contribution is -2.32. The largest absolute Gasteiger partial charge is 0.391 e. The minimum atomic E-state index is -0.598. The maximum atomic E-state index is 11.6. The summed E-state index contributed by atoms with van der Waals surface area (Å²) in [6.45, 7) is 0.223. The minimum absolute atomic E-state index is 0.223. The zero-order chi connectivity index (χ0) is 14.9. The minimum Gasteiger partial charge on any atom is -0.391 e. The molecular weight excluding hydrogens is 264 g/mol. The lowest BCUT2D eigenvalue weighted by Gasteiger charge is -2.10. The van der Waals surface area contributed by atoms with Crippen molar-refractivity contribution in [3.8, 4) is 0 Å². The van der Waals surface area contributed by atoms with Crippen LogP contribution in [0.3, 0.4) is 0 Å². The number of aliphatic hydroxyl groups is 1. The molecule has 0 aliphatic carbocycles. The van der Waals surface area contributed by atoms with E-state index in [0.29, 0.717) is 6.42 Å². The first kappa shape index (κ1) is 14.9. The molecule has 2 aromatic rings. The number of carbonyl (C=O) groups excluding carboxylic acids is 1. The molecule has 0 saturated heterocycles. The van der Waals surface area contributed by atoms with E-state index >= 15 is 0 Å². The Morgan fingerprint density at radius 1 is 1.19 bits per heavy atom. The van der Waals surface area contributed by atoms with Gasteiger partial charge in [-0.3, -0.25) is 9.78 Å². The normalized spacial score (nSPS) is 12.2. The lowest BCUT2D eigenvalue weighted by atomic mass is 10.1. The van der Waals surface area contributed by atoms with Crippen molar-refractivity contribution in [3.05, 3.63) is 72.1 Å². The summed E-state index contributed by atoms with van der Waals surface area (Å²) in [4.78, 5) is 15.7. The predicted molar refractivity (Wildman–Crippen MR) is 82.4 cm³/mol. The molecule has 2 N–H and O–H groups in total. The maximum Gasteiger partial charge on any atom is 0.244 e. The number of hydrogen-bond acceptors (Lipinski definition) is 3. The monoisotopic (exact) mass is 282 g/mol. The van der Waals surface area contributed by atoms with E-state index in [1.165, 1.54) is 6.08 Å². The van der Waals surface area contributed by atoms with Crippen LogP contribution in [-0.4, -0.2) is 28.6 Å². The molecule has 0 spiro atoms. The van der Waals surface area contributed by atoms with Gasteiger partial charge in [0.25, 0.3) is 0 Å². The van der Waals surface area contributed by atoms with Gasteiger partial charge in [0.15, 0.2) is 0 Å². The Hall–Kier alpha value is -2.46. The Morgan fingerprint density at radius 3 is 2.67 bits per heavy atom. The van der Waals surface area contributed by atoms with Crippen LogP contribution in [0.1, 0.15) is 11.3 Å². The molecular formula is C17H18N2O2. The molecule has 1 heterocycles. The first-order valence-corrected chi connectivity index (χ1v) is 6.83. The zero-order valence-electron chi connectivity index (χ0n) is 11.6. The molecule has 1 amide bonds. The van der Waals surface area contributed by atoms with Crippen LogP contribution in [0.4, 0.5) is 0 Å². The molecule has 1 unspecified atom stereocenters. The number of rotatable bonds is 6. The van der Waals surface area contributed by atoms with Gasteiger partial charge in [-0.2, -0.15) is 0 Å². The van der Waals surface area contributed by atoms with Gasteiger partial charge in [0.2, 0.25) is 5.91 Å². The summed E-state index contributed by atoms with van der Waals surface area (Å²) < 4.78 is 0. The highest BCUT2D eigenvalue weighted by Crippen LogP contribution is 2.02. The molecule has 0 saturated carbocycles. The Morgan fingerprint density at radius 2 is 1.95 bits per heavy atom. The molecule has 2 rings (SSSR count). The Balaban J connectivity index is 1.75. The Bertz CT molecular complexity index is 582. The Labute approximate surface area is 124 Å². The zero-order valence-corrected chi connectivity index (χ0v) is 11.6. The van der Waals surface area contributed by atoms with Crippen molar-refractivity contribution in [2.45, 2.75) is 12.5 Å². The predicted octanol–water partition coefficient (Wildman–Crippen LogP) is 1.81. The third kappa shape index (κ3) is 5.58. The summed E-state index contributed by atoms with van der Waals surface area (Å²) in [7, 11) is 0. The van der Waals surface area contributed by atoms with Gasteiger partial charge in [0, 0.05) is 25.2 Å². The van der Waals surface area contributed by atoms with Gasteiger partial charge in [-0.05, 0) is 23.8 Å². The van der Waals surface area contributed by atoms with E-state index in [2.05, 4.69) is 10.3 Å². The Kier molecular flexibility index (Phi) is 5.67. The summed E-state index contributed by atoms with van der Waals surface area (Å²) in [5.41, 5.74) is 1.76. The van der Waals surface area contributed by atoms with Gasteiger partial charge >= 0.3 is 0 Å². The van der Waals surface area contributed by atoms with E-state index in [-0.39, 0.29) is 12.5 Å². The summed E-state index contributed by atoms with van der Waals surface area (Å²) in [6, 6.07) is 15.2. The topological polar surface area (TPSA) is 62.2 Å². The summed E-state index contributed by atoms with van der Waals surface area (Å²) >= 11 is 0. The number of aromatic nitrogens is 1. The third-order valence-corrected chi connectivity index (χ3v) is 2.92. The molecule has 0 bridgehead atoms. The molecule has 1 aromatic carbocycles. The second kappa shape index (κ2) is 7.97. The van der Waals surface area contributed by atoms with Crippen LogP contribution < -0.4 is 5.32 Å². The van der Waals surface area contributed by atoms with Gasteiger partial charge in [-0.25, -0.2) is 0 Å². The van der Waals surface area contributed by atoms with Crippen LogP contribution in [0.5, 0.6) is 0 Å². The fourth-order valence-electron chi connectivity index (χ4n) is 1.87. The number of hydrogen-bond donors (Lipinski definition) is 2. The first-order valence-electron chi connectivity index (χ1n) is 6.83. The highest BCUT2D eigenvalue weighted by atomic mass is 16.3. The second-order valence-electron chi connectivity index (χ2n) is 4.68. The molecule has 1 aromatic heterocycles. The number of nitrogens with one attached hydrogen (secondary N) is 1. The number of carbonyl (C=O) groups is 1. The fourth-order valence-corrected chi connectivity index (χ4v) is 1.87. The van der Waals surface area contributed by atoms with Gasteiger partial charge in [-0.15, -0.1) is 0 Å². The number of amides is 1. The summed E-state index contributed by atoms with van der Waals surface area (Å²) in [6.07, 6.45) is 4.64. The number of benzene rings is 1. The van der Waals surface area contributed by atoms with E-state index in [1.54, 1.807) is 12.3 Å². The van der Waals surface area contributed by atoms with Gasteiger partial charge in [-0.1, -0.05) is 36.4 Å². The standard InChI is InChI=1S/C17H18N2O2/c20-16(12-14-6-2-1-3-7-14)13-19-17(21)10-9-15-8-4-5-11-18-15/h1-11,16,20H,12-13H2,(H,19,21)/b10-9+. The quantitative estimate of drug-likeness (QED) is 0.794. The average Bonchev–Trinajstić information content (AvgIpc) is 2.53. The lowest BCUT2D eigenvalue weighted by molar-refractivity contribution is -0.116. The van der Waals surface area contributed by atoms with Crippen LogP contribution in [0.2, 0.25) is 0 Å². The van der Waals surface area contributed by atoms with E-state index in [4.69, 9.17) is 0 Å². The molecule has 4 nitrogen and oxygen atoms in total. The molecule has 1 atom stereocenters. The number of aliphatic hydroxyl groups excluding tert-OH is 1. The van der Waals surface area contributed by atoms with Crippen molar-refractivity contribution < 1.29 is 9.90 Å². The van der Waals surface area contributed by atoms with Gasteiger partial charge < -0.3 is 10.4 Å². The van der Waals surface area contributed by atoms with Crippen molar-refractivity contribution in [1.29, 1.82) is 0 Å². The fraction of sp³-hybridized carbons (Fsp3) is 0.176. The van der Waals surface area contributed by atoms with Crippen LogP contribution in [-0.2, 0) is 11.2 Å². The highest BCUT2D eigenvalue weighted by molar-refractivity contribution is 5.91. The SMILES string of the molecule is O=C(/C=C/c1ccccn1)NCC(O)Cc1ccccc1. The molecule has 108 valence electrons. The van der Waals surface area contributed by atoms with Crippen molar-refractivity contribution in [2.24, 2.45) is 0 Å². The van der Waals surface area contributed by atoms with E-state index in [0.717, 1.165) is 11.3 Å². The molecule has 4 heteroatoms. The molecule has 0 aliphatic rings. The highest BCUT2D eigenvalue weighted by Gasteiger charge is 2.06. The molecule has 0 aliphatic heterocycles. The van der Waals surface area contributed by atoms with E-state index < -0.39 is 6.10 Å². The number of nitrogens with zero attached hydrogens (tertiary/aromatic N) is 1. The summed E-state index contributed by atoms with van der Waals surface area (Å²) in [5.74, 6) is -0.243. The van der Waals surface area contributed by atoms with Crippen molar-refractivity contribution >= 4 is 12.0 Å². The van der Waals surface area contributed by atoms with E-state index in [9.17, 15) is 9.90 Å². The van der Waals surface area contributed by atoms with Gasteiger partial charge in [0.05, 0.1) is 11.8 Å². The maximum absolute atomic E-state index is 11.6. The summed E-state index contributed by atoms with van der Waals surface area (Å²) in [5, 5.41) is 12.6. The van der Waals surface area contributed by atoms with Crippen LogP contribution >= 0.6 is 0 Å². The molecule has 0 fully saturated rings. The first-order chi connectivity index (χ1) is 10.2. The smallest absolute Gasteiger partial charge is 0.244 e. The van der Waals surface area contributed by atoms with E-state index in [1.807, 2.05) is 48.5 Å². The van der Waals surface area contributed by atoms with Gasteiger partial charge in [0.1, 0.15) is 0 Å². The van der Waals surface area contributed by atoms with Crippen LogP contribution in [0.25, 0.3) is 6.08 Å². The van der Waals surface area contributed by atoms with Crippen LogP contribution in [0.15, 0.2) is 60.8 Å². The second-order valence-corrected chi connectivity index (χ2v) is 4.68. The van der Waals surface area contributed by atoms with Crippen molar-refractivity contribution in [3.63, 3.8) is 0 Å². The van der Waals surface area contributed by atoms with Crippen molar-refractivity contribution in [1.82, 2.24) is 10.3 Å². The van der Waals surface area contributed by atoms with Crippen LogP contribution in [0, 0.1) is 0 Å². The molecule has 0 radical (unpaired) electrons. The molecule has 21 heavy (non-hydrogen) atoms. The number of pyridine rings is 1. The van der Waals surface area contributed by atoms with Crippen molar-refractivity contribution in [2.75, 3.05) is 6.54 Å². The average molecular weight is 282 g/mol. The third-order valence-electron chi connectivity index (χ3n) is 2.92.